The number of carbonyl (C=O) groups is 1. The smallest absolute Gasteiger partial charge is 0.303 e. The molecule has 1 N–H and O–H groups in total. The van der Waals surface area contributed by atoms with Gasteiger partial charge in [0.1, 0.15) is 23.7 Å². The Hall–Kier alpha value is -2.76. The maximum Gasteiger partial charge on any atom is 0.303 e. The van der Waals surface area contributed by atoms with Crippen LogP contribution in [0.2, 0.25) is 0 Å². The first-order chi connectivity index (χ1) is 14.2. The molecule has 0 aromatic heterocycles. The van der Waals surface area contributed by atoms with E-state index in [9.17, 15) is 4.79 Å². The second-order valence-electron chi connectivity index (χ2n) is 8.09. The van der Waals surface area contributed by atoms with Crippen molar-refractivity contribution in [2.24, 2.45) is 0 Å². The summed E-state index contributed by atoms with van der Waals surface area (Å²) in [6.07, 6.45) is 1.49. The van der Waals surface area contributed by atoms with Crippen LogP contribution in [0.15, 0.2) is 24.3 Å². The molecule has 0 unspecified atom stereocenters. The number of ether oxygens (including phenoxy) is 3. The molecule has 6 heteroatoms. The van der Waals surface area contributed by atoms with Gasteiger partial charge in [0, 0.05) is 24.0 Å². The Balaban J connectivity index is 1.84. The van der Waals surface area contributed by atoms with E-state index in [4.69, 9.17) is 19.3 Å². The SMILES string of the molecule is CCOc1cc(COc2ccc(CCC(=O)O)c(CC)c2F)c2c(c1)CC(C)(C)O2. The maximum atomic E-state index is 15.0. The van der Waals surface area contributed by atoms with Crippen LogP contribution in [0.3, 0.4) is 0 Å². The van der Waals surface area contributed by atoms with Gasteiger partial charge in [0.2, 0.25) is 0 Å². The lowest BCUT2D eigenvalue weighted by Gasteiger charge is -2.19. The van der Waals surface area contributed by atoms with Crippen molar-refractivity contribution >= 4 is 5.97 Å². The first-order valence-electron chi connectivity index (χ1n) is 10.4. The highest BCUT2D eigenvalue weighted by molar-refractivity contribution is 5.67. The fourth-order valence-corrected chi connectivity index (χ4v) is 3.88. The van der Waals surface area contributed by atoms with Gasteiger partial charge in [-0.15, -0.1) is 0 Å². The van der Waals surface area contributed by atoms with Crippen LogP contribution in [-0.2, 0) is 30.7 Å². The molecule has 0 aliphatic carbocycles. The van der Waals surface area contributed by atoms with E-state index in [2.05, 4.69) is 0 Å². The predicted molar refractivity (Wildman–Crippen MR) is 112 cm³/mol. The summed E-state index contributed by atoms with van der Waals surface area (Å²) < 4.78 is 32.7. The monoisotopic (exact) mass is 416 g/mol. The zero-order valence-corrected chi connectivity index (χ0v) is 18.0. The lowest BCUT2D eigenvalue weighted by atomic mass is 9.99. The number of carboxylic acids is 1. The number of benzene rings is 2. The third-order valence-corrected chi connectivity index (χ3v) is 5.17. The zero-order chi connectivity index (χ0) is 21.9. The molecule has 2 aromatic rings. The fraction of sp³-hybridized carbons (Fsp3) is 0.458. The van der Waals surface area contributed by atoms with Gasteiger partial charge in [0.15, 0.2) is 11.6 Å². The molecule has 2 aromatic carbocycles. The van der Waals surface area contributed by atoms with Gasteiger partial charge < -0.3 is 19.3 Å². The van der Waals surface area contributed by atoms with Gasteiger partial charge in [-0.25, -0.2) is 4.39 Å². The summed E-state index contributed by atoms with van der Waals surface area (Å²) in [5, 5.41) is 8.91. The number of hydrogen-bond donors (Lipinski definition) is 1. The van der Waals surface area contributed by atoms with Gasteiger partial charge in [0.25, 0.3) is 0 Å². The molecule has 0 radical (unpaired) electrons. The van der Waals surface area contributed by atoms with Crippen molar-refractivity contribution in [3.63, 3.8) is 0 Å². The van der Waals surface area contributed by atoms with E-state index in [0.717, 1.165) is 29.0 Å². The fourth-order valence-electron chi connectivity index (χ4n) is 3.88. The van der Waals surface area contributed by atoms with E-state index in [0.29, 0.717) is 30.6 Å². The molecular formula is C24H29FO5. The molecular weight excluding hydrogens is 387 g/mol. The van der Waals surface area contributed by atoms with Gasteiger partial charge in [-0.3, -0.25) is 4.79 Å². The first kappa shape index (κ1) is 21.9. The summed E-state index contributed by atoms with van der Waals surface area (Å²) in [4.78, 5) is 10.9. The molecule has 0 bridgehead atoms. The predicted octanol–water partition coefficient (Wildman–Crippen LogP) is 5.10. The van der Waals surface area contributed by atoms with E-state index in [1.54, 1.807) is 12.1 Å². The van der Waals surface area contributed by atoms with Crippen LogP contribution < -0.4 is 14.2 Å². The van der Waals surface area contributed by atoms with Crippen molar-refractivity contribution in [1.82, 2.24) is 0 Å². The lowest BCUT2D eigenvalue weighted by molar-refractivity contribution is -0.136. The summed E-state index contributed by atoms with van der Waals surface area (Å²) in [5.41, 5.74) is 2.76. The van der Waals surface area contributed by atoms with Crippen LogP contribution in [0.1, 0.15) is 56.4 Å². The van der Waals surface area contributed by atoms with Crippen molar-refractivity contribution in [1.29, 1.82) is 0 Å². The Labute approximate surface area is 176 Å². The number of aliphatic carboxylic acids is 1. The third-order valence-electron chi connectivity index (χ3n) is 5.17. The largest absolute Gasteiger partial charge is 0.494 e. The van der Waals surface area contributed by atoms with Crippen LogP contribution in [0.4, 0.5) is 4.39 Å². The molecule has 0 atom stereocenters. The van der Waals surface area contributed by atoms with Gasteiger partial charge >= 0.3 is 5.97 Å². The Bertz CT molecular complexity index is 936. The molecule has 1 aliphatic heterocycles. The second kappa shape index (κ2) is 8.94. The summed E-state index contributed by atoms with van der Waals surface area (Å²) in [6, 6.07) is 7.19. The van der Waals surface area contributed by atoms with Crippen molar-refractivity contribution in [2.75, 3.05) is 6.61 Å². The average Bonchev–Trinajstić information content (AvgIpc) is 2.99. The summed E-state index contributed by atoms with van der Waals surface area (Å²) in [5.74, 6) is 0.342. The highest BCUT2D eigenvalue weighted by Crippen LogP contribution is 2.41. The second-order valence-corrected chi connectivity index (χ2v) is 8.09. The minimum atomic E-state index is -0.899. The van der Waals surface area contributed by atoms with Gasteiger partial charge in [-0.2, -0.15) is 0 Å². The molecule has 1 aliphatic rings. The Kier molecular flexibility index (Phi) is 6.54. The van der Waals surface area contributed by atoms with Crippen molar-refractivity contribution < 1.29 is 28.5 Å². The Morgan fingerprint density at radius 1 is 1.20 bits per heavy atom. The number of carboxylic acid groups (broad SMARTS) is 1. The number of fused-ring (bicyclic) bond motifs is 1. The molecule has 3 rings (SSSR count). The van der Waals surface area contributed by atoms with E-state index in [1.165, 1.54) is 0 Å². The molecule has 162 valence electrons. The van der Waals surface area contributed by atoms with Crippen molar-refractivity contribution in [3.05, 3.63) is 52.3 Å². The molecule has 0 saturated carbocycles. The Morgan fingerprint density at radius 3 is 2.63 bits per heavy atom. The molecule has 1 heterocycles. The number of hydrogen-bond acceptors (Lipinski definition) is 4. The molecule has 5 nitrogen and oxygen atoms in total. The van der Waals surface area contributed by atoms with E-state index < -0.39 is 11.8 Å². The van der Waals surface area contributed by atoms with Gasteiger partial charge in [-0.1, -0.05) is 13.0 Å². The van der Waals surface area contributed by atoms with Gasteiger partial charge in [0.05, 0.1) is 6.61 Å². The minimum absolute atomic E-state index is 0.0316. The van der Waals surface area contributed by atoms with Crippen molar-refractivity contribution in [3.8, 4) is 17.2 Å². The minimum Gasteiger partial charge on any atom is -0.494 e. The molecule has 30 heavy (non-hydrogen) atoms. The standard InChI is InChI=1S/C24H29FO5/c1-5-19-15(8-10-21(26)27)7-9-20(22(19)25)29-14-17-12-18(28-6-2)11-16-13-24(3,4)30-23(16)17/h7,9,11-12H,5-6,8,10,13-14H2,1-4H3,(H,26,27). The van der Waals surface area contributed by atoms with Crippen molar-refractivity contribution in [2.45, 2.75) is 65.6 Å². The quantitative estimate of drug-likeness (QED) is 0.616. The van der Waals surface area contributed by atoms with Crippen LogP contribution >= 0.6 is 0 Å². The molecule has 0 spiro atoms. The van der Waals surface area contributed by atoms with Crippen LogP contribution in [-0.4, -0.2) is 23.3 Å². The zero-order valence-electron chi connectivity index (χ0n) is 18.0. The van der Waals surface area contributed by atoms with Crippen LogP contribution in [0.5, 0.6) is 17.2 Å². The summed E-state index contributed by atoms with van der Waals surface area (Å²) in [7, 11) is 0. The molecule has 0 saturated heterocycles. The van der Waals surface area contributed by atoms with E-state index >= 15 is 4.39 Å². The lowest BCUT2D eigenvalue weighted by Crippen LogP contribution is -2.25. The number of aryl methyl sites for hydroxylation is 1. The average molecular weight is 416 g/mol. The maximum absolute atomic E-state index is 15.0. The summed E-state index contributed by atoms with van der Waals surface area (Å²) in [6.45, 7) is 8.53. The van der Waals surface area contributed by atoms with Crippen LogP contribution in [0.25, 0.3) is 0 Å². The topological polar surface area (TPSA) is 65.0 Å². The van der Waals surface area contributed by atoms with Gasteiger partial charge in [-0.05, 0) is 62.9 Å². The number of rotatable bonds is 9. The van der Waals surface area contributed by atoms with E-state index in [-0.39, 0.29) is 24.4 Å². The number of halogens is 1. The summed E-state index contributed by atoms with van der Waals surface area (Å²) >= 11 is 0. The highest BCUT2D eigenvalue weighted by atomic mass is 19.1. The van der Waals surface area contributed by atoms with Crippen LogP contribution in [0, 0.1) is 5.82 Å². The highest BCUT2D eigenvalue weighted by Gasteiger charge is 2.32. The van der Waals surface area contributed by atoms with E-state index in [1.807, 2.05) is 39.8 Å². The normalized spacial score (nSPS) is 14.2. The Morgan fingerprint density at radius 2 is 1.97 bits per heavy atom. The third kappa shape index (κ3) is 4.86. The molecule has 0 amide bonds. The first-order valence-corrected chi connectivity index (χ1v) is 10.4. The molecule has 0 fully saturated rings.